The maximum atomic E-state index is 10.4. The fraction of sp³-hybridized carbons (Fsp3) is 0.500. The minimum atomic E-state index is -0.957. The Bertz CT molecular complexity index is 411. The van der Waals surface area contributed by atoms with Crippen molar-refractivity contribution < 1.29 is 14.6 Å². The third kappa shape index (κ3) is 4.54. The van der Waals surface area contributed by atoms with Crippen LogP contribution in [0.25, 0.3) is 0 Å². The van der Waals surface area contributed by atoms with Gasteiger partial charge in [-0.25, -0.2) is 4.79 Å². The number of carboxylic acid groups (broad SMARTS) is 1. The molecule has 0 unspecified atom stereocenters. The van der Waals surface area contributed by atoms with E-state index >= 15 is 0 Å². The first kappa shape index (κ1) is 13.8. The van der Waals surface area contributed by atoms with E-state index in [-0.39, 0.29) is 6.61 Å². The van der Waals surface area contributed by atoms with Gasteiger partial charge in [0, 0.05) is 32.7 Å². The number of likely N-dealkylation sites (N-methyl/N-ethyl adjacent to an activating group) is 1. The molecule has 1 aromatic carbocycles. The molecule has 5 heteroatoms. The van der Waals surface area contributed by atoms with Gasteiger partial charge in [0.15, 0.2) is 6.61 Å². The first-order valence-electron chi connectivity index (χ1n) is 6.48. The van der Waals surface area contributed by atoms with Crippen molar-refractivity contribution in [3.8, 4) is 5.75 Å². The van der Waals surface area contributed by atoms with E-state index in [0.717, 1.165) is 32.7 Å². The van der Waals surface area contributed by atoms with Crippen LogP contribution in [0.3, 0.4) is 0 Å². The van der Waals surface area contributed by atoms with E-state index in [1.165, 1.54) is 5.56 Å². The van der Waals surface area contributed by atoms with Crippen molar-refractivity contribution >= 4 is 5.97 Å². The third-order valence-corrected chi connectivity index (χ3v) is 3.29. The predicted molar refractivity (Wildman–Crippen MR) is 72.3 cm³/mol. The maximum absolute atomic E-state index is 10.4. The minimum Gasteiger partial charge on any atom is -0.482 e. The number of hydrogen-bond donors (Lipinski definition) is 1. The molecule has 1 aliphatic heterocycles. The van der Waals surface area contributed by atoms with Gasteiger partial charge < -0.3 is 14.7 Å². The lowest BCUT2D eigenvalue weighted by Crippen LogP contribution is -2.43. The molecule has 0 aliphatic carbocycles. The van der Waals surface area contributed by atoms with E-state index in [1.807, 2.05) is 24.3 Å². The summed E-state index contributed by atoms with van der Waals surface area (Å²) in [5, 5.41) is 8.53. The summed E-state index contributed by atoms with van der Waals surface area (Å²) in [6.07, 6.45) is 0. The van der Waals surface area contributed by atoms with Crippen LogP contribution < -0.4 is 4.74 Å². The minimum absolute atomic E-state index is 0.294. The highest BCUT2D eigenvalue weighted by atomic mass is 16.5. The van der Waals surface area contributed by atoms with Crippen LogP contribution >= 0.6 is 0 Å². The maximum Gasteiger partial charge on any atom is 0.341 e. The molecule has 0 spiro atoms. The van der Waals surface area contributed by atoms with Crippen LogP contribution in [0.15, 0.2) is 24.3 Å². The Morgan fingerprint density at radius 1 is 1.21 bits per heavy atom. The van der Waals surface area contributed by atoms with Crippen LogP contribution in [0.1, 0.15) is 5.56 Å². The molecule has 1 saturated heterocycles. The van der Waals surface area contributed by atoms with Gasteiger partial charge in [0.05, 0.1) is 0 Å². The molecule has 0 atom stereocenters. The summed E-state index contributed by atoms with van der Waals surface area (Å²) < 4.78 is 5.11. The summed E-state index contributed by atoms with van der Waals surface area (Å²) in [6, 6.07) is 7.65. The standard InChI is InChI=1S/C14H20N2O3/c1-15-6-8-16(9-7-15)10-12-2-4-13(5-3-12)19-11-14(17)18/h2-5H,6-11H2,1H3,(H,17,18). The molecule has 0 amide bonds. The highest BCUT2D eigenvalue weighted by molar-refractivity contribution is 5.68. The largest absolute Gasteiger partial charge is 0.482 e. The van der Waals surface area contributed by atoms with Crippen LogP contribution in [-0.4, -0.2) is 60.7 Å². The van der Waals surface area contributed by atoms with Gasteiger partial charge >= 0.3 is 5.97 Å². The molecule has 5 nitrogen and oxygen atoms in total. The monoisotopic (exact) mass is 264 g/mol. The number of nitrogens with zero attached hydrogens (tertiary/aromatic N) is 2. The van der Waals surface area contributed by atoms with E-state index < -0.39 is 5.97 Å². The highest BCUT2D eigenvalue weighted by Crippen LogP contribution is 2.14. The predicted octanol–water partition coefficient (Wildman–Crippen LogP) is 0.897. The molecule has 0 bridgehead atoms. The Morgan fingerprint density at radius 3 is 2.42 bits per heavy atom. The Labute approximate surface area is 113 Å². The van der Waals surface area contributed by atoms with Gasteiger partial charge in [-0.2, -0.15) is 0 Å². The third-order valence-electron chi connectivity index (χ3n) is 3.29. The van der Waals surface area contributed by atoms with Gasteiger partial charge in [0.1, 0.15) is 5.75 Å². The fourth-order valence-electron chi connectivity index (χ4n) is 2.10. The molecular weight excluding hydrogens is 244 g/mol. The Hall–Kier alpha value is -1.59. The van der Waals surface area contributed by atoms with Crippen LogP contribution in [-0.2, 0) is 11.3 Å². The molecule has 1 heterocycles. The fourth-order valence-corrected chi connectivity index (χ4v) is 2.10. The molecule has 104 valence electrons. The zero-order chi connectivity index (χ0) is 13.7. The summed E-state index contributed by atoms with van der Waals surface area (Å²) in [5.41, 5.74) is 1.23. The zero-order valence-electron chi connectivity index (χ0n) is 11.2. The van der Waals surface area contributed by atoms with Crippen molar-refractivity contribution in [2.45, 2.75) is 6.54 Å². The SMILES string of the molecule is CN1CCN(Cc2ccc(OCC(=O)O)cc2)CC1. The summed E-state index contributed by atoms with van der Waals surface area (Å²) in [6.45, 7) is 5.05. The lowest BCUT2D eigenvalue weighted by molar-refractivity contribution is -0.139. The number of piperazine rings is 1. The first-order valence-corrected chi connectivity index (χ1v) is 6.48. The molecule has 0 aromatic heterocycles. The molecule has 1 aliphatic rings. The van der Waals surface area contributed by atoms with Crippen molar-refractivity contribution in [1.29, 1.82) is 0 Å². The van der Waals surface area contributed by atoms with E-state index in [4.69, 9.17) is 9.84 Å². The van der Waals surface area contributed by atoms with Gasteiger partial charge in [-0.15, -0.1) is 0 Å². The van der Waals surface area contributed by atoms with Crippen LogP contribution in [0.5, 0.6) is 5.75 Å². The molecule has 0 radical (unpaired) electrons. The second kappa shape index (κ2) is 6.54. The number of carboxylic acids is 1. The quantitative estimate of drug-likeness (QED) is 0.856. The van der Waals surface area contributed by atoms with Crippen molar-refractivity contribution in [3.05, 3.63) is 29.8 Å². The van der Waals surface area contributed by atoms with Crippen molar-refractivity contribution in [1.82, 2.24) is 9.80 Å². The van der Waals surface area contributed by atoms with Crippen molar-refractivity contribution in [2.75, 3.05) is 39.8 Å². The normalized spacial score (nSPS) is 17.3. The van der Waals surface area contributed by atoms with Crippen molar-refractivity contribution in [2.24, 2.45) is 0 Å². The zero-order valence-corrected chi connectivity index (χ0v) is 11.2. The van der Waals surface area contributed by atoms with Gasteiger partial charge in [-0.1, -0.05) is 12.1 Å². The highest BCUT2D eigenvalue weighted by Gasteiger charge is 2.13. The van der Waals surface area contributed by atoms with Gasteiger partial charge in [-0.3, -0.25) is 4.90 Å². The molecule has 1 fully saturated rings. The van der Waals surface area contributed by atoms with Crippen LogP contribution in [0.4, 0.5) is 0 Å². The second-order valence-corrected chi connectivity index (χ2v) is 4.91. The van der Waals surface area contributed by atoms with Crippen LogP contribution in [0, 0.1) is 0 Å². The Morgan fingerprint density at radius 2 is 1.84 bits per heavy atom. The van der Waals surface area contributed by atoms with Gasteiger partial charge in [-0.05, 0) is 24.7 Å². The van der Waals surface area contributed by atoms with E-state index in [0.29, 0.717) is 5.75 Å². The number of benzene rings is 1. The summed E-state index contributed by atoms with van der Waals surface area (Å²) in [5.74, 6) is -0.356. The Kier molecular flexibility index (Phi) is 4.76. The van der Waals surface area contributed by atoms with Crippen molar-refractivity contribution in [3.63, 3.8) is 0 Å². The van der Waals surface area contributed by atoms with E-state index in [1.54, 1.807) is 0 Å². The first-order chi connectivity index (χ1) is 9.13. The molecular formula is C14H20N2O3. The smallest absolute Gasteiger partial charge is 0.341 e. The van der Waals surface area contributed by atoms with Gasteiger partial charge in [0.2, 0.25) is 0 Å². The molecule has 0 saturated carbocycles. The number of carbonyl (C=O) groups is 1. The van der Waals surface area contributed by atoms with E-state index in [2.05, 4.69) is 16.8 Å². The number of aliphatic carboxylic acids is 1. The van der Waals surface area contributed by atoms with Gasteiger partial charge in [0.25, 0.3) is 0 Å². The molecule has 2 rings (SSSR count). The second-order valence-electron chi connectivity index (χ2n) is 4.91. The summed E-state index contributed by atoms with van der Waals surface area (Å²) in [4.78, 5) is 15.1. The topological polar surface area (TPSA) is 53.0 Å². The van der Waals surface area contributed by atoms with Crippen LogP contribution in [0.2, 0.25) is 0 Å². The Balaban J connectivity index is 1.83. The summed E-state index contributed by atoms with van der Waals surface area (Å²) >= 11 is 0. The summed E-state index contributed by atoms with van der Waals surface area (Å²) in [7, 11) is 2.14. The average molecular weight is 264 g/mol. The lowest BCUT2D eigenvalue weighted by atomic mass is 10.2. The molecule has 1 aromatic rings. The number of hydrogen-bond acceptors (Lipinski definition) is 4. The molecule has 1 N–H and O–H groups in total. The lowest BCUT2D eigenvalue weighted by Gasteiger charge is -2.32. The number of rotatable bonds is 5. The average Bonchev–Trinajstić information content (AvgIpc) is 2.40. The number of ether oxygens (including phenoxy) is 1. The van der Waals surface area contributed by atoms with E-state index in [9.17, 15) is 4.79 Å². The molecule has 19 heavy (non-hydrogen) atoms.